The molecule has 1 aromatic carbocycles. The van der Waals surface area contributed by atoms with Crippen LogP contribution in [0.2, 0.25) is 0 Å². The van der Waals surface area contributed by atoms with Gasteiger partial charge in [0, 0.05) is 19.4 Å². The first-order valence-electron chi connectivity index (χ1n) is 8.99. The Morgan fingerprint density at radius 2 is 2.12 bits per heavy atom. The number of aliphatic hydroxyl groups excluding tert-OH is 2. The molecule has 1 saturated carbocycles. The highest BCUT2D eigenvalue weighted by Gasteiger charge is 2.51. The lowest BCUT2D eigenvalue weighted by Gasteiger charge is -2.43. The molecule has 6 nitrogen and oxygen atoms in total. The molecule has 1 aliphatic carbocycles. The number of carbonyl (C=O) groups is 1. The van der Waals surface area contributed by atoms with E-state index in [9.17, 15) is 15.0 Å². The largest absolute Gasteiger partial charge is 0.390 e. The number of aryl methyl sites for hydroxylation is 1. The van der Waals surface area contributed by atoms with Crippen molar-refractivity contribution in [3.63, 3.8) is 0 Å². The highest BCUT2D eigenvalue weighted by molar-refractivity contribution is 5.85. The molecule has 0 saturated heterocycles. The molecule has 4 atom stereocenters. The fraction of sp³-hybridized carbons (Fsp3) is 0.550. The molecule has 0 spiro atoms. The smallest absolute Gasteiger partial charge is 0.252 e. The van der Waals surface area contributed by atoms with Gasteiger partial charge in [0.05, 0.1) is 25.4 Å². The van der Waals surface area contributed by atoms with Crippen molar-refractivity contribution in [3.05, 3.63) is 48.0 Å². The second-order valence-corrected chi connectivity index (χ2v) is 6.70. The van der Waals surface area contributed by atoms with E-state index in [1.54, 1.807) is 6.08 Å². The Bertz CT molecular complexity index is 620. The van der Waals surface area contributed by atoms with Crippen LogP contribution in [0.3, 0.4) is 0 Å². The number of aliphatic hydroxyl groups is 2. The molecule has 0 radical (unpaired) electrons. The van der Waals surface area contributed by atoms with E-state index < -0.39 is 23.9 Å². The van der Waals surface area contributed by atoms with Gasteiger partial charge in [-0.15, -0.1) is 6.58 Å². The van der Waals surface area contributed by atoms with Gasteiger partial charge in [-0.3, -0.25) is 4.79 Å². The molecular formula is C20H29NO5. The third-order valence-electron chi connectivity index (χ3n) is 4.79. The molecule has 0 heterocycles. The lowest BCUT2D eigenvalue weighted by atomic mass is 9.78. The van der Waals surface area contributed by atoms with Crippen LogP contribution in [0, 0.1) is 6.92 Å². The minimum absolute atomic E-state index is 0.0137. The maximum absolute atomic E-state index is 12.8. The van der Waals surface area contributed by atoms with Gasteiger partial charge in [0.2, 0.25) is 0 Å². The van der Waals surface area contributed by atoms with E-state index in [4.69, 9.17) is 9.47 Å². The highest BCUT2D eigenvalue weighted by atomic mass is 16.5. The second-order valence-electron chi connectivity index (χ2n) is 6.70. The Kier molecular flexibility index (Phi) is 7.34. The van der Waals surface area contributed by atoms with Crippen LogP contribution in [0.5, 0.6) is 0 Å². The maximum atomic E-state index is 12.8. The number of amides is 1. The first-order valence-corrected chi connectivity index (χ1v) is 8.99. The highest BCUT2D eigenvalue weighted by Crippen LogP contribution is 2.35. The number of carbonyl (C=O) groups excluding carboxylic acids is 1. The van der Waals surface area contributed by atoms with E-state index in [-0.39, 0.29) is 32.0 Å². The molecule has 1 fully saturated rings. The number of ether oxygens (including phenoxy) is 2. The van der Waals surface area contributed by atoms with Crippen molar-refractivity contribution in [2.24, 2.45) is 0 Å². The summed E-state index contributed by atoms with van der Waals surface area (Å²) in [4.78, 5) is 12.8. The summed E-state index contributed by atoms with van der Waals surface area (Å²) in [6, 6.07) is 7.78. The van der Waals surface area contributed by atoms with Crippen molar-refractivity contribution in [3.8, 4) is 0 Å². The van der Waals surface area contributed by atoms with Crippen molar-refractivity contribution in [2.75, 3.05) is 13.2 Å². The van der Waals surface area contributed by atoms with E-state index >= 15 is 0 Å². The van der Waals surface area contributed by atoms with Crippen LogP contribution < -0.4 is 5.32 Å². The molecule has 0 bridgehead atoms. The summed E-state index contributed by atoms with van der Waals surface area (Å²) in [6.07, 6.45) is -1.15. The van der Waals surface area contributed by atoms with E-state index in [1.807, 2.05) is 38.1 Å². The predicted octanol–water partition coefficient (Wildman–Crippen LogP) is 1.47. The predicted molar refractivity (Wildman–Crippen MR) is 98.6 cm³/mol. The molecule has 26 heavy (non-hydrogen) atoms. The molecule has 3 N–H and O–H groups in total. The fourth-order valence-corrected chi connectivity index (χ4v) is 3.26. The average Bonchev–Trinajstić information content (AvgIpc) is 2.63. The summed E-state index contributed by atoms with van der Waals surface area (Å²) in [5.74, 6) is -0.299. The van der Waals surface area contributed by atoms with E-state index in [1.165, 1.54) is 0 Å². The van der Waals surface area contributed by atoms with Crippen molar-refractivity contribution < 1.29 is 24.5 Å². The molecule has 1 amide bonds. The van der Waals surface area contributed by atoms with Crippen LogP contribution in [0.4, 0.5) is 0 Å². The number of likely N-dealkylation sites (N-methyl/N-ethyl adjacent to an activating group) is 1. The van der Waals surface area contributed by atoms with Crippen molar-refractivity contribution in [2.45, 2.75) is 57.2 Å². The minimum atomic E-state index is -1.26. The van der Waals surface area contributed by atoms with Crippen LogP contribution in [0.15, 0.2) is 36.9 Å². The van der Waals surface area contributed by atoms with Gasteiger partial charge in [-0.2, -0.15) is 0 Å². The van der Waals surface area contributed by atoms with E-state index in [2.05, 4.69) is 11.9 Å². The summed E-state index contributed by atoms with van der Waals surface area (Å²) >= 11 is 0. The van der Waals surface area contributed by atoms with Gasteiger partial charge in [0.1, 0.15) is 6.10 Å². The van der Waals surface area contributed by atoms with Gasteiger partial charge in [-0.1, -0.05) is 30.3 Å². The Morgan fingerprint density at radius 1 is 1.38 bits per heavy atom. The summed E-state index contributed by atoms with van der Waals surface area (Å²) < 4.78 is 11.7. The van der Waals surface area contributed by atoms with E-state index in [0.717, 1.165) is 11.1 Å². The zero-order valence-corrected chi connectivity index (χ0v) is 15.5. The fourth-order valence-electron chi connectivity index (χ4n) is 3.26. The third-order valence-corrected chi connectivity index (χ3v) is 4.79. The van der Waals surface area contributed by atoms with Crippen LogP contribution in [0.25, 0.3) is 0 Å². The summed E-state index contributed by atoms with van der Waals surface area (Å²) in [6.45, 7) is 8.31. The zero-order valence-electron chi connectivity index (χ0n) is 15.5. The molecule has 2 rings (SSSR count). The molecule has 0 unspecified atom stereocenters. The number of rotatable bonds is 8. The lowest BCUT2D eigenvalue weighted by molar-refractivity contribution is -0.196. The summed E-state index contributed by atoms with van der Waals surface area (Å²) in [5.41, 5.74) is 0.776. The standard InChI is InChI=1S/C20H29NO5/c1-4-10-25-17-12-20(19(24)21-5-2,11-16(22)18(17)23)26-13-15-9-7-6-8-14(15)3/h4,6-9,16-18,22-23H,1,5,10-13H2,2-3H3,(H,21,24)/t16-,17+,18-,20+/m1/s1. The van der Waals surface area contributed by atoms with Gasteiger partial charge in [0.15, 0.2) is 5.60 Å². The molecule has 0 aliphatic heterocycles. The minimum Gasteiger partial charge on any atom is -0.390 e. The average molecular weight is 363 g/mol. The van der Waals surface area contributed by atoms with Gasteiger partial charge in [-0.25, -0.2) is 0 Å². The molecule has 1 aliphatic rings. The Hall–Kier alpha value is -1.73. The summed E-state index contributed by atoms with van der Waals surface area (Å²) in [5, 5.41) is 23.4. The third kappa shape index (κ3) is 4.71. The first-order chi connectivity index (χ1) is 12.4. The van der Waals surface area contributed by atoms with Crippen molar-refractivity contribution >= 4 is 5.91 Å². The quantitative estimate of drug-likeness (QED) is 0.609. The van der Waals surface area contributed by atoms with Gasteiger partial charge in [0.25, 0.3) is 5.91 Å². The number of benzene rings is 1. The molecule has 6 heteroatoms. The normalized spacial score (nSPS) is 28.5. The monoisotopic (exact) mass is 363 g/mol. The first kappa shape index (κ1) is 20.6. The van der Waals surface area contributed by atoms with Crippen LogP contribution >= 0.6 is 0 Å². The number of hydrogen-bond donors (Lipinski definition) is 3. The van der Waals surface area contributed by atoms with Crippen LogP contribution in [0.1, 0.15) is 30.9 Å². The SMILES string of the molecule is C=CCO[C@H]1C[C@](OCc2ccccc2C)(C(=O)NCC)C[C@@H](O)[C@H]1O. The topological polar surface area (TPSA) is 88.0 Å². The summed E-state index contributed by atoms with van der Waals surface area (Å²) in [7, 11) is 0. The van der Waals surface area contributed by atoms with Crippen molar-refractivity contribution in [1.82, 2.24) is 5.32 Å². The zero-order chi connectivity index (χ0) is 19.2. The van der Waals surface area contributed by atoms with Crippen LogP contribution in [-0.2, 0) is 20.9 Å². The second kappa shape index (κ2) is 9.28. The van der Waals surface area contributed by atoms with Crippen LogP contribution in [-0.4, -0.2) is 53.2 Å². The van der Waals surface area contributed by atoms with Gasteiger partial charge >= 0.3 is 0 Å². The maximum Gasteiger partial charge on any atom is 0.252 e. The molecule has 144 valence electrons. The molecular weight excluding hydrogens is 334 g/mol. The Morgan fingerprint density at radius 3 is 2.77 bits per heavy atom. The Labute approximate surface area is 154 Å². The molecule has 1 aromatic rings. The molecule has 0 aromatic heterocycles. The lowest BCUT2D eigenvalue weighted by Crippen LogP contribution is -2.60. The Balaban J connectivity index is 2.24. The van der Waals surface area contributed by atoms with Gasteiger partial charge < -0.3 is 25.0 Å². The van der Waals surface area contributed by atoms with Crippen molar-refractivity contribution in [1.29, 1.82) is 0 Å². The van der Waals surface area contributed by atoms with E-state index in [0.29, 0.717) is 6.54 Å². The number of hydrogen-bond acceptors (Lipinski definition) is 5. The van der Waals surface area contributed by atoms with Gasteiger partial charge in [-0.05, 0) is 25.0 Å². The number of nitrogens with one attached hydrogen (secondary N) is 1.